The molecule has 0 saturated carbocycles. The van der Waals surface area contributed by atoms with Crippen LogP contribution in [-0.4, -0.2) is 23.7 Å². The Kier molecular flexibility index (Phi) is 3.22. The van der Waals surface area contributed by atoms with Crippen molar-refractivity contribution < 1.29 is 4.74 Å². The molecule has 0 spiro atoms. The number of anilines is 1. The predicted octanol–water partition coefficient (Wildman–Crippen LogP) is 2.06. The number of ether oxygens (including phenoxy) is 1. The van der Waals surface area contributed by atoms with Gasteiger partial charge in [-0.05, 0) is 17.7 Å². The van der Waals surface area contributed by atoms with Gasteiger partial charge in [0.15, 0.2) is 0 Å². The Labute approximate surface area is 94.9 Å². The molecule has 0 saturated heterocycles. The number of rotatable bonds is 4. The summed E-state index contributed by atoms with van der Waals surface area (Å²) in [4.78, 5) is 4.21. The van der Waals surface area contributed by atoms with Crippen LogP contribution in [0.1, 0.15) is 5.56 Å². The maximum absolute atomic E-state index is 5.12. The average Bonchev–Trinajstić information content (AvgIpc) is 2.78. The first-order valence-electron chi connectivity index (χ1n) is 5.14. The van der Waals surface area contributed by atoms with Crippen molar-refractivity contribution in [2.45, 2.75) is 6.61 Å². The van der Waals surface area contributed by atoms with Crippen LogP contribution in [0.4, 0.5) is 5.95 Å². The van der Waals surface area contributed by atoms with Gasteiger partial charge in [0, 0.05) is 32.2 Å². The van der Waals surface area contributed by atoms with Crippen LogP contribution in [0.25, 0.3) is 5.69 Å². The standard InChI is InChI=1S/C12H15N3O/c1-13-12-14-6-7-15(12)11-5-3-4-10(8-11)9-16-2/h3-8H,9H2,1-2H3,(H,13,14). The molecule has 1 aromatic heterocycles. The summed E-state index contributed by atoms with van der Waals surface area (Å²) in [6.07, 6.45) is 3.70. The highest BCUT2D eigenvalue weighted by Crippen LogP contribution is 2.15. The molecule has 0 radical (unpaired) electrons. The van der Waals surface area contributed by atoms with Gasteiger partial charge in [0.2, 0.25) is 5.95 Å². The lowest BCUT2D eigenvalue weighted by atomic mass is 10.2. The molecule has 0 bridgehead atoms. The number of methoxy groups -OCH3 is 1. The minimum Gasteiger partial charge on any atom is -0.380 e. The first-order valence-corrected chi connectivity index (χ1v) is 5.14. The van der Waals surface area contributed by atoms with Crippen molar-refractivity contribution >= 4 is 5.95 Å². The van der Waals surface area contributed by atoms with Gasteiger partial charge in [-0.15, -0.1) is 0 Å². The van der Waals surface area contributed by atoms with Gasteiger partial charge in [-0.25, -0.2) is 4.98 Å². The molecule has 0 fully saturated rings. The first kappa shape index (κ1) is 10.7. The molecule has 1 aromatic carbocycles. The third-order valence-electron chi connectivity index (χ3n) is 2.36. The topological polar surface area (TPSA) is 39.1 Å². The second kappa shape index (κ2) is 4.81. The maximum Gasteiger partial charge on any atom is 0.207 e. The van der Waals surface area contributed by atoms with Gasteiger partial charge in [-0.2, -0.15) is 0 Å². The fourth-order valence-corrected chi connectivity index (χ4v) is 1.66. The van der Waals surface area contributed by atoms with E-state index in [1.807, 2.05) is 36.0 Å². The molecule has 4 heteroatoms. The second-order valence-electron chi connectivity index (χ2n) is 3.47. The number of benzene rings is 1. The smallest absolute Gasteiger partial charge is 0.207 e. The largest absolute Gasteiger partial charge is 0.380 e. The zero-order chi connectivity index (χ0) is 11.4. The molecule has 0 unspecified atom stereocenters. The Balaban J connectivity index is 2.36. The van der Waals surface area contributed by atoms with E-state index in [-0.39, 0.29) is 0 Å². The molecule has 16 heavy (non-hydrogen) atoms. The number of nitrogens with zero attached hydrogens (tertiary/aromatic N) is 2. The van der Waals surface area contributed by atoms with Crippen LogP contribution >= 0.6 is 0 Å². The van der Waals surface area contributed by atoms with Crippen LogP contribution in [0.15, 0.2) is 36.7 Å². The lowest BCUT2D eigenvalue weighted by Gasteiger charge is -2.08. The Morgan fingerprint density at radius 2 is 2.31 bits per heavy atom. The quantitative estimate of drug-likeness (QED) is 0.852. The van der Waals surface area contributed by atoms with Crippen molar-refractivity contribution in [2.75, 3.05) is 19.5 Å². The van der Waals surface area contributed by atoms with E-state index in [4.69, 9.17) is 4.74 Å². The molecule has 84 valence electrons. The lowest BCUT2D eigenvalue weighted by Crippen LogP contribution is -2.01. The number of hydrogen-bond donors (Lipinski definition) is 1. The van der Waals surface area contributed by atoms with Gasteiger partial charge < -0.3 is 10.1 Å². The van der Waals surface area contributed by atoms with Gasteiger partial charge in [-0.3, -0.25) is 4.57 Å². The van der Waals surface area contributed by atoms with Crippen molar-refractivity contribution in [3.05, 3.63) is 42.2 Å². The summed E-state index contributed by atoms with van der Waals surface area (Å²) in [6, 6.07) is 8.19. The maximum atomic E-state index is 5.12. The highest BCUT2D eigenvalue weighted by atomic mass is 16.5. The fourth-order valence-electron chi connectivity index (χ4n) is 1.66. The minimum atomic E-state index is 0.622. The van der Waals surface area contributed by atoms with E-state index in [2.05, 4.69) is 16.4 Å². The van der Waals surface area contributed by atoms with Gasteiger partial charge in [0.25, 0.3) is 0 Å². The molecule has 1 N–H and O–H groups in total. The molecule has 0 aliphatic rings. The molecule has 2 rings (SSSR count). The Morgan fingerprint density at radius 3 is 3.06 bits per heavy atom. The summed E-state index contributed by atoms with van der Waals surface area (Å²) in [5.41, 5.74) is 2.23. The minimum absolute atomic E-state index is 0.622. The monoisotopic (exact) mass is 217 g/mol. The van der Waals surface area contributed by atoms with E-state index in [1.54, 1.807) is 13.3 Å². The summed E-state index contributed by atoms with van der Waals surface area (Å²) in [5, 5.41) is 3.05. The predicted molar refractivity (Wildman–Crippen MR) is 63.8 cm³/mol. The summed E-state index contributed by atoms with van der Waals surface area (Å²) in [5.74, 6) is 0.828. The fraction of sp³-hybridized carbons (Fsp3) is 0.250. The van der Waals surface area contributed by atoms with Crippen molar-refractivity contribution in [3.63, 3.8) is 0 Å². The SMILES string of the molecule is CNc1nccn1-c1cccc(COC)c1. The van der Waals surface area contributed by atoms with Crippen molar-refractivity contribution in [2.24, 2.45) is 0 Å². The number of hydrogen-bond acceptors (Lipinski definition) is 3. The van der Waals surface area contributed by atoms with E-state index in [0.717, 1.165) is 17.2 Å². The Morgan fingerprint density at radius 1 is 1.44 bits per heavy atom. The van der Waals surface area contributed by atoms with Gasteiger partial charge in [0.1, 0.15) is 0 Å². The number of nitrogens with one attached hydrogen (secondary N) is 1. The molecule has 0 aliphatic carbocycles. The van der Waals surface area contributed by atoms with Gasteiger partial charge in [-0.1, -0.05) is 12.1 Å². The molecule has 0 amide bonds. The molecular weight excluding hydrogens is 202 g/mol. The third kappa shape index (κ3) is 2.06. The van der Waals surface area contributed by atoms with Crippen molar-refractivity contribution in [1.29, 1.82) is 0 Å². The summed E-state index contributed by atoms with van der Waals surface area (Å²) >= 11 is 0. The molecule has 4 nitrogen and oxygen atoms in total. The zero-order valence-corrected chi connectivity index (χ0v) is 9.47. The molecule has 0 atom stereocenters. The molecule has 2 aromatic rings. The van der Waals surface area contributed by atoms with Crippen LogP contribution in [0.3, 0.4) is 0 Å². The van der Waals surface area contributed by atoms with Crippen LogP contribution in [0.2, 0.25) is 0 Å². The Bertz CT molecular complexity index is 465. The van der Waals surface area contributed by atoms with E-state index < -0.39 is 0 Å². The normalized spacial score (nSPS) is 10.4. The van der Waals surface area contributed by atoms with Crippen molar-refractivity contribution in [3.8, 4) is 5.69 Å². The van der Waals surface area contributed by atoms with Crippen LogP contribution in [-0.2, 0) is 11.3 Å². The van der Waals surface area contributed by atoms with E-state index in [0.29, 0.717) is 6.61 Å². The van der Waals surface area contributed by atoms with Crippen LogP contribution in [0.5, 0.6) is 0 Å². The molecule has 1 heterocycles. The van der Waals surface area contributed by atoms with Gasteiger partial charge in [0.05, 0.1) is 6.61 Å². The number of imidazole rings is 1. The highest BCUT2D eigenvalue weighted by Gasteiger charge is 2.03. The second-order valence-corrected chi connectivity index (χ2v) is 3.47. The lowest BCUT2D eigenvalue weighted by molar-refractivity contribution is 0.185. The third-order valence-corrected chi connectivity index (χ3v) is 2.36. The summed E-state index contributed by atoms with van der Waals surface area (Å²) in [6.45, 7) is 0.622. The highest BCUT2D eigenvalue weighted by molar-refractivity contribution is 5.43. The zero-order valence-electron chi connectivity index (χ0n) is 9.47. The number of aromatic nitrogens is 2. The van der Waals surface area contributed by atoms with E-state index >= 15 is 0 Å². The molecular formula is C12H15N3O. The van der Waals surface area contributed by atoms with E-state index in [9.17, 15) is 0 Å². The van der Waals surface area contributed by atoms with Gasteiger partial charge >= 0.3 is 0 Å². The average molecular weight is 217 g/mol. The molecule has 0 aliphatic heterocycles. The van der Waals surface area contributed by atoms with E-state index in [1.165, 1.54) is 0 Å². The van der Waals surface area contributed by atoms with Crippen molar-refractivity contribution in [1.82, 2.24) is 9.55 Å². The summed E-state index contributed by atoms with van der Waals surface area (Å²) < 4.78 is 7.12. The van der Waals surface area contributed by atoms with Crippen LogP contribution < -0.4 is 5.32 Å². The summed E-state index contributed by atoms with van der Waals surface area (Å²) in [7, 11) is 3.56. The Hall–Kier alpha value is -1.81. The van der Waals surface area contributed by atoms with Crippen LogP contribution in [0, 0.1) is 0 Å². The first-order chi connectivity index (χ1) is 7.85.